The Morgan fingerprint density at radius 3 is 2.58 bits per heavy atom. The van der Waals surface area contributed by atoms with Crippen molar-refractivity contribution >= 4 is 15.9 Å². The van der Waals surface area contributed by atoms with Crippen molar-refractivity contribution in [1.29, 1.82) is 0 Å². The molecule has 0 bridgehead atoms. The van der Waals surface area contributed by atoms with Gasteiger partial charge in [-0.05, 0) is 18.6 Å². The highest BCUT2D eigenvalue weighted by molar-refractivity contribution is 7.87. The fourth-order valence-corrected chi connectivity index (χ4v) is 1.79. The third kappa shape index (κ3) is 4.30. The lowest BCUT2D eigenvalue weighted by molar-refractivity contribution is 0.0844. The molecule has 1 aromatic rings. The molecule has 0 aromatic heterocycles. The number of para-hydroxylation sites is 1. The van der Waals surface area contributed by atoms with Crippen molar-refractivity contribution in [2.75, 3.05) is 6.61 Å². The van der Waals surface area contributed by atoms with E-state index in [0.29, 0.717) is 6.61 Å². The predicted molar refractivity (Wildman–Crippen MR) is 68.7 cm³/mol. The molecule has 0 fully saturated rings. The highest BCUT2D eigenvalue weighted by Gasteiger charge is 2.30. The number of hydrogen-bond acceptors (Lipinski definition) is 5. The number of carbonyl (C=O) groups excluding carboxylic acids is 1. The lowest BCUT2D eigenvalue weighted by Gasteiger charge is -2.12. The molecular weight excluding hydrogens is 272 g/mol. The van der Waals surface area contributed by atoms with Crippen LogP contribution in [-0.4, -0.2) is 35.9 Å². The van der Waals surface area contributed by atoms with E-state index >= 15 is 0 Å². The minimum absolute atomic E-state index is 0.0799. The molecule has 19 heavy (non-hydrogen) atoms. The summed E-state index contributed by atoms with van der Waals surface area (Å²) in [6.45, 7) is 2.35. The number of carbonyl (C=O) groups is 1. The summed E-state index contributed by atoms with van der Waals surface area (Å²) < 4.78 is 35.6. The van der Waals surface area contributed by atoms with E-state index in [2.05, 4.69) is 0 Å². The van der Waals surface area contributed by atoms with Gasteiger partial charge in [-0.3, -0.25) is 9.35 Å². The summed E-state index contributed by atoms with van der Waals surface area (Å²) in [5.41, 5.74) is -2.58. The second kappa shape index (κ2) is 6.65. The third-order valence-electron chi connectivity index (χ3n) is 2.41. The van der Waals surface area contributed by atoms with Gasteiger partial charge < -0.3 is 9.84 Å². The van der Waals surface area contributed by atoms with Gasteiger partial charge in [-0.15, -0.1) is 0 Å². The predicted octanol–water partition coefficient (Wildman–Crippen LogP) is 1.25. The maximum atomic E-state index is 11.8. The molecule has 2 N–H and O–H groups in total. The number of ether oxygens (including phenoxy) is 1. The first-order valence-electron chi connectivity index (χ1n) is 5.78. The van der Waals surface area contributed by atoms with Gasteiger partial charge in [-0.2, -0.15) is 8.42 Å². The molecule has 0 saturated carbocycles. The number of aliphatic hydroxyl groups is 1. The number of unbranched alkanes of at least 4 members (excludes halogenated alkanes) is 1. The SMILES string of the molecule is CCCCOc1ccccc1C(=O)C(O)S(=O)(=O)O. The Morgan fingerprint density at radius 1 is 1.37 bits per heavy atom. The van der Waals surface area contributed by atoms with E-state index < -0.39 is 21.3 Å². The quantitative estimate of drug-likeness (QED) is 0.445. The molecule has 0 amide bonds. The maximum Gasteiger partial charge on any atom is 0.299 e. The van der Waals surface area contributed by atoms with Gasteiger partial charge in [0.2, 0.25) is 11.2 Å². The van der Waals surface area contributed by atoms with Crippen molar-refractivity contribution in [1.82, 2.24) is 0 Å². The summed E-state index contributed by atoms with van der Waals surface area (Å²) in [6.07, 6.45) is 1.69. The summed E-state index contributed by atoms with van der Waals surface area (Å²) in [7, 11) is -4.84. The van der Waals surface area contributed by atoms with Crippen molar-refractivity contribution in [3.8, 4) is 5.75 Å². The molecule has 1 rings (SSSR count). The second-order valence-electron chi connectivity index (χ2n) is 3.93. The molecule has 0 saturated heterocycles. The number of rotatable bonds is 7. The third-order valence-corrected chi connectivity index (χ3v) is 3.19. The monoisotopic (exact) mass is 288 g/mol. The van der Waals surface area contributed by atoms with Gasteiger partial charge in [-0.1, -0.05) is 25.5 Å². The van der Waals surface area contributed by atoms with Crippen LogP contribution in [0.1, 0.15) is 30.1 Å². The molecule has 0 heterocycles. The topological polar surface area (TPSA) is 101 Å². The van der Waals surface area contributed by atoms with E-state index in [1.54, 1.807) is 6.07 Å². The van der Waals surface area contributed by atoms with Gasteiger partial charge in [0, 0.05) is 0 Å². The summed E-state index contributed by atoms with van der Waals surface area (Å²) >= 11 is 0. The van der Waals surface area contributed by atoms with E-state index in [4.69, 9.17) is 9.29 Å². The normalized spacial score (nSPS) is 13.0. The van der Waals surface area contributed by atoms with Crippen molar-refractivity contribution in [3.05, 3.63) is 29.8 Å². The molecule has 0 aliphatic carbocycles. The van der Waals surface area contributed by atoms with Crippen LogP contribution in [0.4, 0.5) is 0 Å². The van der Waals surface area contributed by atoms with E-state index in [0.717, 1.165) is 12.8 Å². The van der Waals surface area contributed by atoms with Gasteiger partial charge >= 0.3 is 0 Å². The molecule has 0 radical (unpaired) electrons. The highest BCUT2D eigenvalue weighted by Crippen LogP contribution is 2.21. The highest BCUT2D eigenvalue weighted by atomic mass is 32.2. The first-order chi connectivity index (χ1) is 8.88. The van der Waals surface area contributed by atoms with Crippen LogP contribution in [0, 0.1) is 0 Å². The Hall–Kier alpha value is -1.44. The molecular formula is C12H16O6S. The smallest absolute Gasteiger partial charge is 0.299 e. The number of hydrogen-bond donors (Lipinski definition) is 2. The molecule has 1 atom stereocenters. The van der Waals surface area contributed by atoms with Crippen molar-refractivity contribution < 1.29 is 27.6 Å². The molecule has 7 heteroatoms. The second-order valence-corrected chi connectivity index (χ2v) is 5.41. The first kappa shape index (κ1) is 15.6. The number of Topliss-reactive ketones (excluding diaryl/α,β-unsaturated/α-hetero) is 1. The Kier molecular flexibility index (Phi) is 5.46. The van der Waals surface area contributed by atoms with Crippen molar-refractivity contribution in [3.63, 3.8) is 0 Å². The van der Waals surface area contributed by atoms with Crippen LogP contribution in [-0.2, 0) is 10.1 Å². The van der Waals surface area contributed by atoms with Crippen LogP contribution in [0.5, 0.6) is 5.75 Å². The molecule has 1 aromatic carbocycles. The molecule has 1 unspecified atom stereocenters. The lowest BCUT2D eigenvalue weighted by Crippen LogP contribution is -2.29. The Bertz CT molecular complexity index is 537. The fourth-order valence-electron chi connectivity index (χ4n) is 1.39. The standard InChI is InChI=1S/C12H16O6S/c1-2-3-8-18-10-7-5-4-6-9(10)11(13)12(14)19(15,16)17/h4-7,12,14H,2-3,8H2,1H3,(H,15,16,17). The van der Waals surface area contributed by atoms with E-state index in [9.17, 15) is 18.3 Å². The van der Waals surface area contributed by atoms with Crippen LogP contribution >= 0.6 is 0 Å². The van der Waals surface area contributed by atoms with E-state index in [1.165, 1.54) is 18.2 Å². The lowest BCUT2D eigenvalue weighted by atomic mass is 10.1. The molecule has 106 valence electrons. The van der Waals surface area contributed by atoms with Crippen LogP contribution in [0.3, 0.4) is 0 Å². The molecule has 0 spiro atoms. The average Bonchev–Trinajstić information content (AvgIpc) is 2.37. The average molecular weight is 288 g/mol. The largest absolute Gasteiger partial charge is 0.493 e. The Morgan fingerprint density at radius 2 is 2.00 bits per heavy atom. The van der Waals surface area contributed by atoms with Crippen molar-refractivity contribution in [2.24, 2.45) is 0 Å². The van der Waals surface area contributed by atoms with Crippen LogP contribution < -0.4 is 4.74 Å². The zero-order valence-electron chi connectivity index (χ0n) is 10.4. The molecule has 0 aliphatic rings. The van der Waals surface area contributed by atoms with Crippen LogP contribution in [0.25, 0.3) is 0 Å². The van der Waals surface area contributed by atoms with Crippen LogP contribution in [0.15, 0.2) is 24.3 Å². The zero-order chi connectivity index (χ0) is 14.5. The van der Waals surface area contributed by atoms with Gasteiger partial charge in [0.15, 0.2) is 0 Å². The van der Waals surface area contributed by atoms with Gasteiger partial charge in [-0.25, -0.2) is 0 Å². The summed E-state index contributed by atoms with van der Waals surface area (Å²) in [5, 5.41) is 9.26. The fraction of sp³-hybridized carbons (Fsp3) is 0.417. The minimum atomic E-state index is -4.84. The minimum Gasteiger partial charge on any atom is -0.493 e. The summed E-state index contributed by atoms with van der Waals surface area (Å²) in [4.78, 5) is 11.8. The van der Waals surface area contributed by atoms with E-state index in [1.807, 2.05) is 6.92 Å². The summed E-state index contributed by atoms with van der Waals surface area (Å²) in [6, 6.07) is 5.96. The van der Waals surface area contributed by atoms with Gasteiger partial charge in [0.1, 0.15) is 5.75 Å². The maximum absolute atomic E-state index is 11.8. The van der Waals surface area contributed by atoms with Gasteiger partial charge in [0.25, 0.3) is 10.1 Å². The number of aliphatic hydroxyl groups excluding tert-OH is 1. The van der Waals surface area contributed by atoms with Gasteiger partial charge in [0.05, 0.1) is 12.2 Å². The molecule has 0 aliphatic heterocycles. The Labute approximate surface area is 111 Å². The van der Waals surface area contributed by atoms with Crippen LogP contribution in [0.2, 0.25) is 0 Å². The first-order valence-corrected chi connectivity index (χ1v) is 7.28. The van der Waals surface area contributed by atoms with Crippen molar-refractivity contribution in [2.45, 2.75) is 25.2 Å². The van der Waals surface area contributed by atoms with E-state index in [-0.39, 0.29) is 11.3 Å². The Balaban J connectivity index is 2.97. The summed E-state index contributed by atoms with van der Waals surface area (Å²) in [5.74, 6) is -0.932. The number of benzene rings is 1. The zero-order valence-corrected chi connectivity index (χ0v) is 11.3. The molecule has 6 nitrogen and oxygen atoms in total. The number of ketones is 1.